The van der Waals surface area contributed by atoms with Gasteiger partial charge in [0.05, 0.1) is 17.2 Å². The molecule has 0 aliphatic rings. The van der Waals surface area contributed by atoms with Crippen molar-refractivity contribution in [2.75, 3.05) is 0 Å². The van der Waals surface area contributed by atoms with Crippen LogP contribution in [0.2, 0.25) is 0 Å². The van der Waals surface area contributed by atoms with E-state index in [0.717, 1.165) is 22.2 Å². The Kier molecular flexibility index (Phi) is 2.48. The van der Waals surface area contributed by atoms with Crippen molar-refractivity contribution in [2.45, 2.75) is 0 Å². The number of fused-ring (bicyclic) bond motifs is 5. The number of hydrogen-bond acceptors (Lipinski definition) is 4. The third kappa shape index (κ3) is 1.54. The highest BCUT2D eigenvalue weighted by Gasteiger charge is 2.13. The van der Waals surface area contributed by atoms with Crippen LogP contribution in [0, 0.1) is 0 Å². The molecule has 4 rings (SSSR count). The Hall–Kier alpha value is -2.37. The number of aromatic nitrogens is 5. The quantitative estimate of drug-likeness (QED) is 0.466. The average Bonchev–Trinajstić information content (AvgIpc) is 2.88. The summed E-state index contributed by atoms with van der Waals surface area (Å²) in [5.74, 6) is 0. The summed E-state index contributed by atoms with van der Waals surface area (Å²) in [7, 11) is 8.70. The summed E-state index contributed by atoms with van der Waals surface area (Å²) in [5.41, 5.74) is 4.74. The van der Waals surface area contributed by atoms with Crippen LogP contribution >= 0.6 is 0 Å². The van der Waals surface area contributed by atoms with Gasteiger partial charge in [0.25, 0.3) is 0 Å². The molecule has 0 fully saturated rings. The number of imidazole rings is 1. The number of rotatable bonds is 2. The predicted octanol–water partition coefficient (Wildman–Crippen LogP) is -0.142. The fraction of sp³-hybridized carbons (Fsp3) is 0. The largest absolute Gasteiger partial charge is 0.273 e. The van der Waals surface area contributed by atoms with Gasteiger partial charge in [0.15, 0.2) is 5.65 Å². The van der Waals surface area contributed by atoms with Crippen molar-refractivity contribution in [3.63, 3.8) is 0 Å². The Morgan fingerprint density at radius 1 is 1.00 bits per heavy atom. The van der Waals surface area contributed by atoms with E-state index in [1.165, 1.54) is 7.06 Å². The van der Waals surface area contributed by atoms with Crippen LogP contribution in [-0.2, 0) is 0 Å². The summed E-state index contributed by atoms with van der Waals surface area (Å²) in [6, 6.07) is 9.70. The third-order valence-corrected chi connectivity index (χ3v) is 3.18. The van der Waals surface area contributed by atoms with Crippen LogP contribution in [0.15, 0.2) is 36.5 Å². The summed E-state index contributed by atoms with van der Waals surface area (Å²) in [6.45, 7) is 0. The van der Waals surface area contributed by atoms with Gasteiger partial charge < -0.3 is 0 Å². The highest BCUT2D eigenvalue weighted by molar-refractivity contribution is 7.27. The maximum Gasteiger partial charge on any atom is 0.187 e. The fourth-order valence-electron chi connectivity index (χ4n) is 2.36. The molecule has 0 N–H and O–H groups in total. The third-order valence-electron chi connectivity index (χ3n) is 3.18. The first-order valence-corrected chi connectivity index (χ1v) is 6.15. The van der Waals surface area contributed by atoms with Crippen LogP contribution in [-0.4, -0.2) is 46.5 Å². The number of benzene rings is 1. The maximum absolute atomic E-state index is 5.50. The molecule has 0 aliphatic heterocycles. The topological polar surface area (TPSA) is 56.0 Å². The Morgan fingerprint density at radius 3 is 2.80 bits per heavy atom. The first kappa shape index (κ1) is 11.5. The first-order chi connectivity index (χ1) is 9.88. The fourth-order valence-corrected chi connectivity index (χ4v) is 2.36. The molecule has 88 valence electrons. The molecular formula is C12H6B3N5. The minimum atomic E-state index is 0.686. The van der Waals surface area contributed by atoms with Gasteiger partial charge in [0, 0.05) is 20.4 Å². The number of nitrogens with zero attached hydrogens (tertiary/aromatic N) is 5. The van der Waals surface area contributed by atoms with Gasteiger partial charge in [-0.3, -0.25) is 9.38 Å². The molecule has 0 atom stereocenters. The molecule has 1 aromatic carbocycles. The molecule has 0 bridgehead atoms. The summed E-state index contributed by atoms with van der Waals surface area (Å²) in [5, 5.41) is 8.13. The summed E-state index contributed by atoms with van der Waals surface area (Å²) < 4.78 is 1.96. The monoisotopic (exact) mass is 253 g/mol. The lowest BCUT2D eigenvalue weighted by molar-refractivity contribution is 1.03. The lowest BCUT2D eigenvalue weighted by Crippen LogP contribution is -2.27. The smallest absolute Gasteiger partial charge is 0.187 e. The molecule has 8 heteroatoms. The molecule has 0 spiro atoms. The molecule has 3 aromatic heterocycles. The van der Waals surface area contributed by atoms with Crippen molar-refractivity contribution in [3.05, 3.63) is 36.5 Å². The normalized spacial score (nSPS) is 11.2. The van der Waals surface area contributed by atoms with E-state index in [1.807, 2.05) is 34.7 Å². The summed E-state index contributed by atoms with van der Waals surface area (Å²) in [6.07, 6.45) is 1.62. The van der Waals surface area contributed by atoms with Crippen molar-refractivity contribution in [2.24, 2.45) is 0 Å². The summed E-state index contributed by atoms with van der Waals surface area (Å²) >= 11 is 0. The van der Waals surface area contributed by atoms with Gasteiger partial charge in [-0.1, -0.05) is 12.1 Å². The summed E-state index contributed by atoms with van der Waals surface area (Å²) in [4.78, 5) is 9.15. The molecule has 4 aromatic rings. The van der Waals surface area contributed by atoms with Crippen molar-refractivity contribution in [3.8, 4) is 0 Å². The number of para-hydroxylation sites is 2. The Balaban J connectivity index is 2.27. The molecule has 3 heterocycles. The Morgan fingerprint density at radius 2 is 1.90 bits per heavy atom. The molecule has 20 heavy (non-hydrogen) atoms. The SMILES string of the molecule is [B][B][B]c1nc2ccnnc2n2c1nc1ccccc12. The Bertz CT molecular complexity index is 936. The second-order valence-corrected chi connectivity index (χ2v) is 4.36. The van der Waals surface area contributed by atoms with Crippen LogP contribution in [0.1, 0.15) is 0 Å². The van der Waals surface area contributed by atoms with Gasteiger partial charge in [-0.05, 0) is 18.2 Å². The van der Waals surface area contributed by atoms with E-state index in [1.54, 1.807) is 13.4 Å². The Labute approximate surface area is 117 Å². The van der Waals surface area contributed by atoms with E-state index in [2.05, 4.69) is 20.2 Å². The van der Waals surface area contributed by atoms with Crippen LogP contribution in [0.25, 0.3) is 27.8 Å². The second kappa shape index (κ2) is 4.33. The van der Waals surface area contributed by atoms with Crippen LogP contribution in [0.5, 0.6) is 0 Å². The van der Waals surface area contributed by atoms with Gasteiger partial charge in [-0.25, -0.2) is 4.98 Å². The average molecular weight is 253 g/mol. The van der Waals surface area contributed by atoms with Crippen molar-refractivity contribution in [1.29, 1.82) is 0 Å². The van der Waals surface area contributed by atoms with E-state index >= 15 is 0 Å². The molecule has 5 nitrogen and oxygen atoms in total. The lowest BCUT2D eigenvalue weighted by Gasteiger charge is -2.05. The van der Waals surface area contributed by atoms with E-state index in [-0.39, 0.29) is 0 Å². The van der Waals surface area contributed by atoms with Gasteiger partial charge >= 0.3 is 0 Å². The van der Waals surface area contributed by atoms with E-state index in [0.29, 0.717) is 11.2 Å². The molecule has 0 saturated carbocycles. The van der Waals surface area contributed by atoms with Crippen LogP contribution in [0.4, 0.5) is 0 Å². The molecule has 0 unspecified atom stereocenters. The number of hydrogen-bond donors (Lipinski definition) is 0. The second-order valence-electron chi connectivity index (χ2n) is 4.36. The zero-order chi connectivity index (χ0) is 13.5. The van der Waals surface area contributed by atoms with Crippen molar-refractivity contribution < 1.29 is 0 Å². The zero-order valence-electron chi connectivity index (χ0n) is 10.4. The molecule has 0 aliphatic carbocycles. The molecular weight excluding hydrogens is 247 g/mol. The highest BCUT2D eigenvalue weighted by atomic mass is 15.2. The van der Waals surface area contributed by atoms with Crippen LogP contribution < -0.4 is 5.59 Å². The van der Waals surface area contributed by atoms with E-state index < -0.39 is 0 Å². The van der Waals surface area contributed by atoms with Gasteiger partial charge in [0.2, 0.25) is 0 Å². The molecule has 0 amide bonds. The lowest BCUT2D eigenvalue weighted by atomic mass is 9.27. The minimum absolute atomic E-state index is 0.686. The highest BCUT2D eigenvalue weighted by Crippen LogP contribution is 2.18. The molecule has 0 saturated heterocycles. The first-order valence-electron chi connectivity index (χ1n) is 6.15. The van der Waals surface area contributed by atoms with Gasteiger partial charge in [-0.2, -0.15) is 5.10 Å². The van der Waals surface area contributed by atoms with Gasteiger partial charge in [0.1, 0.15) is 18.3 Å². The standard InChI is InChI=1S/C12H6B3N5/c13-15-14-10-12-18-7-3-1-2-4-9(7)20(12)11-8(17-10)5-6-16-19-11/h1-6H. The molecule has 4 radical (unpaired) electrons. The predicted molar refractivity (Wildman–Crippen MR) is 80.5 cm³/mol. The minimum Gasteiger partial charge on any atom is -0.273 e. The van der Waals surface area contributed by atoms with Gasteiger partial charge in [-0.15, -0.1) is 5.10 Å². The van der Waals surface area contributed by atoms with E-state index in [9.17, 15) is 0 Å². The van der Waals surface area contributed by atoms with Crippen molar-refractivity contribution >= 4 is 55.4 Å². The zero-order valence-corrected chi connectivity index (χ0v) is 10.4. The van der Waals surface area contributed by atoms with Crippen molar-refractivity contribution in [1.82, 2.24) is 24.6 Å². The van der Waals surface area contributed by atoms with Crippen LogP contribution in [0.3, 0.4) is 0 Å². The maximum atomic E-state index is 5.50. The van der Waals surface area contributed by atoms with E-state index in [4.69, 9.17) is 7.74 Å².